The van der Waals surface area contributed by atoms with E-state index in [-0.39, 0.29) is 24.3 Å². The number of pyridine rings is 1. The van der Waals surface area contributed by atoms with Crippen LogP contribution in [0.3, 0.4) is 0 Å². The Balaban J connectivity index is 1.34. The Morgan fingerprint density at radius 2 is 1.93 bits per heavy atom. The number of rotatable bonds is 4. The highest BCUT2D eigenvalue weighted by atomic mass is 16.2. The van der Waals surface area contributed by atoms with Crippen LogP contribution in [-0.4, -0.2) is 65.9 Å². The standard InChI is InChI=1S/C23H28N4O2/c1-18-15-24-9-8-21(18)25-10-5-11-26(13-12-25)23(29)17-27-16-20(14-22(27)28)19-6-3-2-4-7-19/h2-4,6-9,15,20H,5,10-14,16-17H2,1H3. The van der Waals surface area contributed by atoms with Gasteiger partial charge in [0.05, 0.1) is 6.54 Å². The highest BCUT2D eigenvalue weighted by Gasteiger charge is 2.33. The molecule has 3 heterocycles. The van der Waals surface area contributed by atoms with Crippen molar-refractivity contribution < 1.29 is 9.59 Å². The number of aromatic nitrogens is 1. The third-order valence-corrected chi connectivity index (χ3v) is 5.99. The summed E-state index contributed by atoms with van der Waals surface area (Å²) in [5.74, 6) is 0.321. The fourth-order valence-electron chi connectivity index (χ4n) is 4.37. The lowest BCUT2D eigenvalue weighted by molar-refractivity contribution is -0.138. The van der Waals surface area contributed by atoms with Gasteiger partial charge in [-0.1, -0.05) is 30.3 Å². The van der Waals surface area contributed by atoms with E-state index in [1.807, 2.05) is 41.6 Å². The number of nitrogens with zero attached hydrogens (tertiary/aromatic N) is 4. The van der Waals surface area contributed by atoms with Crippen molar-refractivity contribution in [3.05, 3.63) is 59.9 Å². The Morgan fingerprint density at radius 3 is 2.72 bits per heavy atom. The Hall–Kier alpha value is -2.89. The molecule has 0 saturated carbocycles. The molecule has 6 nitrogen and oxygen atoms in total. The molecule has 2 aliphatic heterocycles. The van der Waals surface area contributed by atoms with E-state index < -0.39 is 0 Å². The van der Waals surface area contributed by atoms with Crippen LogP contribution in [0.25, 0.3) is 0 Å². The molecule has 1 unspecified atom stereocenters. The summed E-state index contributed by atoms with van der Waals surface area (Å²) in [5, 5.41) is 0. The Morgan fingerprint density at radius 1 is 1.10 bits per heavy atom. The predicted molar refractivity (Wildman–Crippen MR) is 113 cm³/mol. The van der Waals surface area contributed by atoms with E-state index in [0.29, 0.717) is 19.5 Å². The minimum atomic E-state index is 0.0559. The molecule has 0 N–H and O–H groups in total. The molecule has 4 rings (SSSR count). The summed E-state index contributed by atoms with van der Waals surface area (Å²) >= 11 is 0. The van der Waals surface area contributed by atoms with Crippen molar-refractivity contribution >= 4 is 17.5 Å². The second-order valence-electron chi connectivity index (χ2n) is 7.97. The zero-order chi connectivity index (χ0) is 20.2. The minimum absolute atomic E-state index is 0.0559. The van der Waals surface area contributed by atoms with E-state index in [4.69, 9.17) is 0 Å². The zero-order valence-electron chi connectivity index (χ0n) is 17.0. The highest BCUT2D eigenvalue weighted by molar-refractivity contribution is 5.86. The number of hydrogen-bond acceptors (Lipinski definition) is 4. The fourth-order valence-corrected chi connectivity index (χ4v) is 4.37. The van der Waals surface area contributed by atoms with Crippen LogP contribution in [-0.2, 0) is 9.59 Å². The first kappa shape index (κ1) is 19.4. The van der Waals surface area contributed by atoms with Crippen LogP contribution in [0, 0.1) is 6.92 Å². The number of likely N-dealkylation sites (tertiary alicyclic amines) is 1. The lowest BCUT2D eigenvalue weighted by Gasteiger charge is -2.26. The smallest absolute Gasteiger partial charge is 0.242 e. The Kier molecular flexibility index (Phi) is 5.79. The van der Waals surface area contributed by atoms with E-state index in [9.17, 15) is 9.59 Å². The first-order valence-corrected chi connectivity index (χ1v) is 10.4. The monoisotopic (exact) mass is 392 g/mol. The maximum Gasteiger partial charge on any atom is 0.242 e. The maximum atomic E-state index is 12.9. The molecule has 152 valence electrons. The molecule has 1 aromatic carbocycles. The van der Waals surface area contributed by atoms with Gasteiger partial charge in [0.2, 0.25) is 11.8 Å². The van der Waals surface area contributed by atoms with Crippen LogP contribution >= 0.6 is 0 Å². The molecule has 2 aliphatic rings. The third kappa shape index (κ3) is 4.42. The predicted octanol–water partition coefficient (Wildman–Crippen LogP) is 2.44. The molecule has 2 amide bonds. The number of benzene rings is 1. The number of anilines is 1. The lowest BCUT2D eigenvalue weighted by Crippen LogP contribution is -2.42. The number of hydrogen-bond donors (Lipinski definition) is 0. The van der Waals surface area contributed by atoms with Crippen molar-refractivity contribution in [1.29, 1.82) is 0 Å². The second-order valence-corrected chi connectivity index (χ2v) is 7.97. The molecule has 29 heavy (non-hydrogen) atoms. The first-order chi connectivity index (χ1) is 14.1. The molecule has 0 aliphatic carbocycles. The van der Waals surface area contributed by atoms with Crippen molar-refractivity contribution in [3.63, 3.8) is 0 Å². The second kappa shape index (κ2) is 8.64. The zero-order valence-corrected chi connectivity index (χ0v) is 17.0. The van der Waals surface area contributed by atoms with Crippen LogP contribution in [0.4, 0.5) is 5.69 Å². The highest BCUT2D eigenvalue weighted by Crippen LogP contribution is 2.28. The van der Waals surface area contributed by atoms with E-state index in [0.717, 1.165) is 31.6 Å². The number of aryl methyl sites for hydroxylation is 1. The summed E-state index contributed by atoms with van der Waals surface area (Å²) in [6.07, 6.45) is 5.12. The number of amides is 2. The van der Waals surface area contributed by atoms with Gasteiger partial charge in [0.1, 0.15) is 0 Å². The van der Waals surface area contributed by atoms with Gasteiger partial charge in [0, 0.05) is 63.1 Å². The largest absolute Gasteiger partial charge is 0.369 e. The van der Waals surface area contributed by atoms with Crippen molar-refractivity contribution in [2.24, 2.45) is 0 Å². The SMILES string of the molecule is Cc1cnccc1N1CCCN(C(=O)CN2CC(c3ccccc3)CC2=O)CC1. The van der Waals surface area contributed by atoms with Crippen LogP contribution in [0.15, 0.2) is 48.8 Å². The molecule has 0 radical (unpaired) electrons. The van der Waals surface area contributed by atoms with Gasteiger partial charge in [0.25, 0.3) is 0 Å². The topological polar surface area (TPSA) is 56.8 Å². The minimum Gasteiger partial charge on any atom is -0.369 e. The van der Waals surface area contributed by atoms with Crippen LogP contribution in [0.5, 0.6) is 0 Å². The first-order valence-electron chi connectivity index (χ1n) is 10.4. The molecule has 2 fully saturated rings. The Bertz CT molecular complexity index is 870. The maximum absolute atomic E-state index is 12.9. The van der Waals surface area contributed by atoms with Crippen LogP contribution in [0.1, 0.15) is 29.9 Å². The fraction of sp³-hybridized carbons (Fsp3) is 0.435. The molecule has 2 saturated heterocycles. The van der Waals surface area contributed by atoms with Crippen molar-refractivity contribution in [2.45, 2.75) is 25.7 Å². The molecule has 1 aromatic heterocycles. The lowest BCUT2D eigenvalue weighted by atomic mass is 9.99. The van der Waals surface area contributed by atoms with Gasteiger partial charge in [-0.3, -0.25) is 14.6 Å². The van der Waals surface area contributed by atoms with Gasteiger partial charge >= 0.3 is 0 Å². The van der Waals surface area contributed by atoms with Crippen LogP contribution in [0.2, 0.25) is 0 Å². The summed E-state index contributed by atoms with van der Waals surface area (Å²) in [5.41, 5.74) is 3.52. The van der Waals surface area contributed by atoms with Gasteiger partial charge in [-0.05, 0) is 30.5 Å². The van der Waals surface area contributed by atoms with Gasteiger partial charge in [-0.2, -0.15) is 0 Å². The van der Waals surface area contributed by atoms with E-state index in [1.54, 1.807) is 4.90 Å². The summed E-state index contributed by atoms with van der Waals surface area (Å²) in [6.45, 7) is 6.04. The average Bonchev–Trinajstić information content (AvgIpc) is 2.94. The molecular weight excluding hydrogens is 364 g/mol. The third-order valence-electron chi connectivity index (χ3n) is 5.99. The molecule has 2 aromatic rings. The molecule has 0 bridgehead atoms. The summed E-state index contributed by atoms with van der Waals surface area (Å²) in [4.78, 5) is 35.5. The van der Waals surface area contributed by atoms with Gasteiger partial charge in [0.15, 0.2) is 0 Å². The van der Waals surface area contributed by atoms with Gasteiger partial charge in [-0.25, -0.2) is 0 Å². The number of carbonyl (C=O) groups excluding carboxylic acids is 2. The van der Waals surface area contributed by atoms with Gasteiger partial charge in [-0.15, -0.1) is 0 Å². The van der Waals surface area contributed by atoms with E-state index in [2.05, 4.69) is 28.9 Å². The quantitative estimate of drug-likeness (QED) is 0.802. The average molecular weight is 393 g/mol. The van der Waals surface area contributed by atoms with Gasteiger partial charge < -0.3 is 14.7 Å². The van der Waals surface area contributed by atoms with E-state index >= 15 is 0 Å². The summed E-state index contributed by atoms with van der Waals surface area (Å²) in [6, 6.07) is 12.2. The molecule has 0 spiro atoms. The van der Waals surface area contributed by atoms with Crippen molar-refractivity contribution in [2.75, 3.05) is 44.2 Å². The summed E-state index contributed by atoms with van der Waals surface area (Å²) in [7, 11) is 0. The van der Waals surface area contributed by atoms with Crippen molar-refractivity contribution in [3.8, 4) is 0 Å². The van der Waals surface area contributed by atoms with Crippen LogP contribution < -0.4 is 4.90 Å². The normalized spacial score (nSPS) is 20.1. The van der Waals surface area contributed by atoms with E-state index in [1.165, 1.54) is 11.3 Å². The Labute approximate surface area is 172 Å². The number of carbonyl (C=O) groups is 2. The molecule has 6 heteroatoms. The molecule has 1 atom stereocenters. The summed E-state index contributed by atoms with van der Waals surface area (Å²) < 4.78 is 0. The molecular formula is C23H28N4O2. The van der Waals surface area contributed by atoms with Crippen molar-refractivity contribution in [1.82, 2.24) is 14.8 Å².